The van der Waals surface area contributed by atoms with E-state index in [0.717, 1.165) is 10.7 Å². The van der Waals surface area contributed by atoms with Crippen LogP contribution in [0.2, 0.25) is 0 Å². The minimum Gasteiger partial charge on any atom is -0.236 e. The monoisotopic (exact) mass is 154 g/mol. The number of amidine groups is 1. The summed E-state index contributed by atoms with van der Waals surface area (Å²) in [5.74, 6) is 0.782. The molecule has 0 unspecified atom stereocenters. The Morgan fingerprint density at radius 1 is 1.56 bits per heavy atom. The molecule has 2 rings (SSSR count). The van der Waals surface area contributed by atoms with Gasteiger partial charge in [0.25, 0.3) is 0 Å². The molecule has 44 valence electrons. The summed E-state index contributed by atoms with van der Waals surface area (Å²) in [6.07, 6.45) is 3.66. The quantitative estimate of drug-likeness (QED) is 0.492. The Morgan fingerprint density at radius 2 is 2.44 bits per heavy atom. The van der Waals surface area contributed by atoms with Gasteiger partial charge in [0.15, 0.2) is 10.2 Å². The highest BCUT2D eigenvalue weighted by Crippen LogP contribution is 2.29. The molecule has 4 heteroatoms. The Morgan fingerprint density at radius 3 is 3.22 bits per heavy atom. The largest absolute Gasteiger partial charge is 0.236 e. The number of hydrogen-bond acceptors (Lipinski definition) is 3. The molecular formula is C5H2N2S2. The third-order valence-electron chi connectivity index (χ3n) is 1.04. The molecule has 2 heterocycles. The van der Waals surface area contributed by atoms with E-state index in [9.17, 15) is 0 Å². The molecule has 0 saturated carbocycles. The lowest BCUT2D eigenvalue weighted by molar-refractivity contribution is 1.68. The Kier molecular flexibility index (Phi) is 1.03. The molecule has 0 saturated heterocycles. The van der Waals surface area contributed by atoms with E-state index in [0.29, 0.717) is 4.32 Å². The number of thioether (sulfide) groups is 1. The maximum Gasteiger partial charge on any atom is 0.168 e. The first kappa shape index (κ1) is 5.32. The molecule has 0 bridgehead atoms. The fraction of sp³-hybridized carbons (Fsp3) is 0. The highest BCUT2D eigenvalue weighted by Gasteiger charge is 2.19. The first-order valence-corrected chi connectivity index (χ1v) is 3.64. The fourth-order valence-corrected chi connectivity index (χ4v) is 1.68. The summed E-state index contributed by atoms with van der Waals surface area (Å²) in [7, 11) is 0. The standard InChI is InChI=1S/C5H2N2S2/c8-5-7-4-3(9-5)1-2-6-4/h1-2H. The molecule has 0 fully saturated rings. The van der Waals surface area contributed by atoms with Gasteiger partial charge in [0, 0.05) is 6.21 Å². The Bertz CT molecular complexity index is 262. The molecule has 0 aliphatic carbocycles. The first-order chi connectivity index (χ1) is 4.36. The van der Waals surface area contributed by atoms with Crippen molar-refractivity contribution in [3.8, 4) is 0 Å². The molecule has 2 aliphatic heterocycles. The Labute approximate surface area is 61.8 Å². The topological polar surface area (TPSA) is 24.7 Å². The number of allylic oxidation sites excluding steroid dienone is 1. The van der Waals surface area contributed by atoms with E-state index in [4.69, 9.17) is 12.2 Å². The Balaban J connectivity index is 2.51. The maximum absolute atomic E-state index is 4.83. The van der Waals surface area contributed by atoms with Gasteiger partial charge in [0.05, 0.1) is 4.91 Å². The average Bonchev–Trinajstić information content (AvgIpc) is 2.22. The van der Waals surface area contributed by atoms with Crippen molar-refractivity contribution >= 4 is 40.4 Å². The lowest BCUT2D eigenvalue weighted by Gasteiger charge is -1.82. The molecule has 2 nitrogen and oxygen atoms in total. The van der Waals surface area contributed by atoms with Gasteiger partial charge < -0.3 is 0 Å². The smallest absolute Gasteiger partial charge is 0.168 e. The van der Waals surface area contributed by atoms with E-state index < -0.39 is 0 Å². The molecule has 2 aliphatic rings. The molecule has 0 aromatic rings. The van der Waals surface area contributed by atoms with Gasteiger partial charge in [-0.3, -0.25) is 0 Å². The Hall–Kier alpha value is -0.480. The van der Waals surface area contributed by atoms with Crippen LogP contribution in [0.5, 0.6) is 0 Å². The average molecular weight is 154 g/mol. The predicted molar refractivity (Wildman–Crippen MR) is 44.2 cm³/mol. The second kappa shape index (κ2) is 1.75. The number of nitrogens with zero attached hydrogens (tertiary/aromatic N) is 2. The zero-order valence-corrected chi connectivity index (χ0v) is 6.00. The molecule has 0 atom stereocenters. The molecule has 0 N–H and O–H groups in total. The van der Waals surface area contributed by atoms with Crippen LogP contribution in [0.3, 0.4) is 0 Å². The molecular weight excluding hydrogens is 152 g/mol. The van der Waals surface area contributed by atoms with E-state index in [2.05, 4.69) is 9.98 Å². The fourth-order valence-electron chi connectivity index (χ4n) is 0.681. The number of fused-ring (bicyclic) bond motifs is 1. The molecule has 0 spiro atoms. The summed E-state index contributed by atoms with van der Waals surface area (Å²) >= 11 is 6.33. The SMILES string of the molecule is S=C1N=C2N=CC=C2S1. The molecule has 0 radical (unpaired) electrons. The van der Waals surface area contributed by atoms with Gasteiger partial charge in [-0.15, -0.1) is 0 Å². The van der Waals surface area contributed by atoms with Crippen LogP contribution in [0.25, 0.3) is 0 Å². The van der Waals surface area contributed by atoms with Crippen molar-refractivity contribution in [2.24, 2.45) is 9.98 Å². The summed E-state index contributed by atoms with van der Waals surface area (Å²) < 4.78 is 0.674. The predicted octanol–water partition coefficient (Wildman–Crippen LogP) is 1.38. The van der Waals surface area contributed by atoms with Crippen LogP contribution in [-0.4, -0.2) is 16.4 Å². The molecule has 0 aromatic carbocycles. The van der Waals surface area contributed by atoms with Crippen molar-refractivity contribution in [3.63, 3.8) is 0 Å². The van der Waals surface area contributed by atoms with Crippen molar-refractivity contribution in [1.29, 1.82) is 0 Å². The second-order valence-corrected chi connectivity index (χ2v) is 3.29. The van der Waals surface area contributed by atoms with Crippen molar-refractivity contribution in [3.05, 3.63) is 11.0 Å². The van der Waals surface area contributed by atoms with Crippen LogP contribution in [0.4, 0.5) is 0 Å². The van der Waals surface area contributed by atoms with Crippen molar-refractivity contribution in [2.45, 2.75) is 0 Å². The van der Waals surface area contributed by atoms with E-state index in [1.165, 1.54) is 11.8 Å². The summed E-state index contributed by atoms with van der Waals surface area (Å²) in [6, 6.07) is 0. The minimum atomic E-state index is 0.674. The normalized spacial score (nSPS) is 22.0. The molecule has 0 amide bonds. The van der Waals surface area contributed by atoms with Gasteiger partial charge in [0.2, 0.25) is 0 Å². The summed E-state index contributed by atoms with van der Waals surface area (Å²) in [5.41, 5.74) is 0. The van der Waals surface area contributed by atoms with Crippen LogP contribution in [0.15, 0.2) is 21.0 Å². The van der Waals surface area contributed by atoms with E-state index in [1.54, 1.807) is 6.21 Å². The van der Waals surface area contributed by atoms with Crippen molar-refractivity contribution in [2.75, 3.05) is 0 Å². The van der Waals surface area contributed by atoms with E-state index >= 15 is 0 Å². The van der Waals surface area contributed by atoms with Gasteiger partial charge in [-0.05, 0) is 6.08 Å². The molecule has 9 heavy (non-hydrogen) atoms. The van der Waals surface area contributed by atoms with Gasteiger partial charge in [-0.25, -0.2) is 9.98 Å². The van der Waals surface area contributed by atoms with Crippen molar-refractivity contribution in [1.82, 2.24) is 0 Å². The number of aliphatic imine (C=N–C) groups is 2. The summed E-state index contributed by atoms with van der Waals surface area (Å²) in [6.45, 7) is 0. The van der Waals surface area contributed by atoms with Gasteiger partial charge >= 0.3 is 0 Å². The van der Waals surface area contributed by atoms with Gasteiger partial charge in [0.1, 0.15) is 0 Å². The minimum absolute atomic E-state index is 0.674. The third-order valence-corrected chi connectivity index (χ3v) is 2.18. The van der Waals surface area contributed by atoms with Gasteiger partial charge in [-0.1, -0.05) is 24.0 Å². The highest BCUT2D eigenvalue weighted by atomic mass is 32.2. The van der Waals surface area contributed by atoms with Crippen LogP contribution < -0.4 is 0 Å². The lowest BCUT2D eigenvalue weighted by atomic mass is 10.5. The number of hydrogen-bond donors (Lipinski definition) is 0. The highest BCUT2D eigenvalue weighted by molar-refractivity contribution is 8.26. The summed E-state index contributed by atoms with van der Waals surface area (Å²) in [4.78, 5) is 9.05. The van der Waals surface area contributed by atoms with Gasteiger partial charge in [-0.2, -0.15) is 0 Å². The van der Waals surface area contributed by atoms with E-state index in [-0.39, 0.29) is 0 Å². The zero-order valence-electron chi connectivity index (χ0n) is 4.37. The van der Waals surface area contributed by atoms with Crippen molar-refractivity contribution < 1.29 is 0 Å². The first-order valence-electron chi connectivity index (χ1n) is 2.41. The maximum atomic E-state index is 4.83. The summed E-state index contributed by atoms with van der Waals surface area (Å²) in [5, 5.41) is 0. The number of rotatable bonds is 0. The third kappa shape index (κ3) is 0.746. The van der Waals surface area contributed by atoms with Crippen LogP contribution >= 0.6 is 24.0 Å². The van der Waals surface area contributed by atoms with E-state index in [1.807, 2.05) is 6.08 Å². The second-order valence-electron chi connectivity index (χ2n) is 1.61. The van der Waals surface area contributed by atoms with Crippen LogP contribution in [-0.2, 0) is 0 Å². The lowest BCUT2D eigenvalue weighted by Crippen LogP contribution is -1.81. The van der Waals surface area contributed by atoms with Crippen LogP contribution in [0.1, 0.15) is 0 Å². The van der Waals surface area contributed by atoms with Crippen LogP contribution in [0, 0.1) is 0 Å². The molecule has 0 aromatic heterocycles. The zero-order chi connectivity index (χ0) is 6.27. The number of thiocarbonyl (C=S) groups is 1.